The highest BCUT2D eigenvalue weighted by molar-refractivity contribution is 5.98. The van der Waals surface area contributed by atoms with Crippen molar-refractivity contribution in [2.75, 3.05) is 5.32 Å². The second-order valence-corrected chi connectivity index (χ2v) is 6.46. The maximum Gasteiger partial charge on any atom is 0.331 e. The molecule has 0 aliphatic rings. The van der Waals surface area contributed by atoms with Crippen LogP contribution in [0.3, 0.4) is 0 Å². The van der Waals surface area contributed by atoms with E-state index in [0.717, 1.165) is 16.5 Å². The third kappa shape index (κ3) is 5.13. The van der Waals surface area contributed by atoms with Crippen LogP contribution in [0.2, 0.25) is 0 Å². The molecule has 0 saturated carbocycles. The molecule has 6 nitrogen and oxygen atoms in total. The van der Waals surface area contributed by atoms with Gasteiger partial charge in [-0.1, -0.05) is 24.3 Å². The number of anilines is 1. The molecule has 3 rings (SSSR count). The third-order valence-corrected chi connectivity index (χ3v) is 4.28. The molecule has 1 unspecified atom stereocenters. The van der Waals surface area contributed by atoms with Gasteiger partial charge >= 0.3 is 5.97 Å². The van der Waals surface area contributed by atoms with Gasteiger partial charge in [0.2, 0.25) is 0 Å². The Morgan fingerprint density at radius 2 is 1.76 bits per heavy atom. The molecule has 0 saturated heterocycles. The van der Waals surface area contributed by atoms with E-state index >= 15 is 0 Å². The molecule has 1 atom stereocenters. The topological polar surface area (TPSA) is 85.4 Å². The first-order valence-corrected chi connectivity index (χ1v) is 9.08. The number of hydrogen-bond acceptors (Lipinski definition) is 5. The molecule has 0 radical (unpaired) electrons. The number of ether oxygens (including phenoxy) is 1. The van der Waals surface area contributed by atoms with Crippen LogP contribution in [0.15, 0.2) is 66.9 Å². The maximum absolute atomic E-state index is 12.2. The SMILES string of the molecule is CC(=O)c1ccc(NC(=O)C(C)OC(=O)/C=C/c2cccc3cccnc23)cc1. The normalized spacial score (nSPS) is 11.9. The zero-order valence-electron chi connectivity index (χ0n) is 16.1. The van der Waals surface area contributed by atoms with Crippen LogP contribution in [0.1, 0.15) is 29.8 Å². The Balaban J connectivity index is 1.60. The first-order chi connectivity index (χ1) is 13.9. The van der Waals surface area contributed by atoms with E-state index < -0.39 is 18.0 Å². The van der Waals surface area contributed by atoms with Crippen molar-refractivity contribution in [2.45, 2.75) is 20.0 Å². The fourth-order valence-corrected chi connectivity index (χ4v) is 2.72. The molecule has 3 aromatic rings. The number of nitrogens with zero attached hydrogens (tertiary/aromatic N) is 1. The molecule has 29 heavy (non-hydrogen) atoms. The van der Waals surface area contributed by atoms with Crippen LogP contribution < -0.4 is 5.32 Å². The number of nitrogens with one attached hydrogen (secondary N) is 1. The van der Waals surface area contributed by atoms with Gasteiger partial charge in [-0.2, -0.15) is 0 Å². The first kappa shape index (κ1) is 19.9. The summed E-state index contributed by atoms with van der Waals surface area (Å²) >= 11 is 0. The lowest BCUT2D eigenvalue weighted by Gasteiger charge is -2.12. The third-order valence-electron chi connectivity index (χ3n) is 4.28. The zero-order chi connectivity index (χ0) is 20.8. The van der Waals surface area contributed by atoms with Crippen molar-refractivity contribution in [3.8, 4) is 0 Å². The number of benzene rings is 2. The van der Waals surface area contributed by atoms with Crippen molar-refractivity contribution in [1.82, 2.24) is 4.98 Å². The predicted molar refractivity (Wildman–Crippen MR) is 111 cm³/mol. The minimum atomic E-state index is -0.981. The molecule has 0 spiro atoms. The Kier molecular flexibility index (Phi) is 6.14. The van der Waals surface area contributed by atoms with Crippen molar-refractivity contribution in [3.05, 3.63) is 78.0 Å². The number of fused-ring (bicyclic) bond motifs is 1. The number of amides is 1. The molecule has 1 amide bonds. The van der Waals surface area contributed by atoms with Gasteiger partial charge in [-0.15, -0.1) is 0 Å². The lowest BCUT2D eigenvalue weighted by molar-refractivity contribution is -0.148. The highest BCUT2D eigenvalue weighted by Gasteiger charge is 2.17. The van der Waals surface area contributed by atoms with Crippen molar-refractivity contribution < 1.29 is 19.1 Å². The summed E-state index contributed by atoms with van der Waals surface area (Å²) in [4.78, 5) is 39.9. The molecular weight excluding hydrogens is 368 g/mol. The second kappa shape index (κ2) is 8.93. The van der Waals surface area contributed by atoms with E-state index in [4.69, 9.17) is 4.74 Å². The van der Waals surface area contributed by atoms with Crippen LogP contribution in [0, 0.1) is 0 Å². The van der Waals surface area contributed by atoms with Gasteiger partial charge in [0.05, 0.1) is 5.52 Å². The molecule has 2 aromatic carbocycles. The van der Waals surface area contributed by atoms with E-state index in [9.17, 15) is 14.4 Å². The number of ketones is 1. The summed E-state index contributed by atoms with van der Waals surface area (Å²) in [5.74, 6) is -1.15. The smallest absolute Gasteiger partial charge is 0.331 e. The van der Waals surface area contributed by atoms with Gasteiger partial charge in [0.15, 0.2) is 11.9 Å². The lowest BCUT2D eigenvalue weighted by Crippen LogP contribution is -2.29. The largest absolute Gasteiger partial charge is 0.449 e. The Morgan fingerprint density at radius 1 is 1.03 bits per heavy atom. The Bertz CT molecular complexity index is 1080. The molecule has 1 aromatic heterocycles. The van der Waals surface area contributed by atoms with Crippen LogP contribution in [0.4, 0.5) is 5.69 Å². The molecule has 0 bridgehead atoms. The molecule has 0 aliphatic heterocycles. The number of Topliss-reactive ketones (excluding diaryl/α,β-unsaturated/α-hetero) is 1. The van der Waals surface area contributed by atoms with Crippen LogP contribution in [-0.4, -0.2) is 28.7 Å². The highest BCUT2D eigenvalue weighted by atomic mass is 16.5. The van der Waals surface area contributed by atoms with E-state index in [-0.39, 0.29) is 5.78 Å². The fourth-order valence-electron chi connectivity index (χ4n) is 2.72. The molecule has 1 heterocycles. The molecule has 6 heteroatoms. The van der Waals surface area contributed by atoms with Gasteiger partial charge in [-0.3, -0.25) is 14.6 Å². The van der Waals surface area contributed by atoms with Gasteiger partial charge in [-0.05, 0) is 50.3 Å². The van der Waals surface area contributed by atoms with Gasteiger partial charge < -0.3 is 10.1 Å². The van der Waals surface area contributed by atoms with Gasteiger partial charge in [-0.25, -0.2) is 4.79 Å². The number of carbonyl (C=O) groups excluding carboxylic acids is 3. The fraction of sp³-hybridized carbons (Fsp3) is 0.130. The van der Waals surface area contributed by atoms with Crippen molar-refractivity contribution in [1.29, 1.82) is 0 Å². The number of hydrogen-bond donors (Lipinski definition) is 1. The predicted octanol–water partition coefficient (Wildman–Crippen LogP) is 4.02. The van der Waals surface area contributed by atoms with Gasteiger partial charge in [0, 0.05) is 34.5 Å². The number of carbonyl (C=O) groups is 3. The van der Waals surface area contributed by atoms with Gasteiger partial charge in [0.1, 0.15) is 0 Å². The molecule has 0 aliphatic carbocycles. The first-order valence-electron chi connectivity index (χ1n) is 9.08. The van der Waals surface area contributed by atoms with E-state index in [1.165, 1.54) is 19.9 Å². The lowest BCUT2D eigenvalue weighted by atomic mass is 10.1. The quantitative estimate of drug-likeness (QED) is 0.392. The molecular formula is C23H20N2O4. The molecule has 146 valence electrons. The zero-order valence-corrected chi connectivity index (χ0v) is 16.1. The van der Waals surface area contributed by atoms with Gasteiger partial charge in [0.25, 0.3) is 5.91 Å². The number of aromatic nitrogens is 1. The minimum Gasteiger partial charge on any atom is -0.449 e. The van der Waals surface area contributed by atoms with E-state index in [0.29, 0.717) is 11.3 Å². The summed E-state index contributed by atoms with van der Waals surface area (Å²) in [6, 6.07) is 15.9. The average molecular weight is 388 g/mol. The monoisotopic (exact) mass is 388 g/mol. The maximum atomic E-state index is 12.2. The number of pyridine rings is 1. The summed E-state index contributed by atoms with van der Waals surface area (Å²) in [7, 11) is 0. The van der Waals surface area contributed by atoms with Crippen LogP contribution in [-0.2, 0) is 14.3 Å². The average Bonchev–Trinajstić information content (AvgIpc) is 2.72. The van der Waals surface area contributed by atoms with Crippen LogP contribution in [0.25, 0.3) is 17.0 Å². The Labute approximate surface area is 168 Å². The summed E-state index contributed by atoms with van der Waals surface area (Å²) in [5.41, 5.74) is 2.62. The summed E-state index contributed by atoms with van der Waals surface area (Å²) in [6.45, 7) is 2.96. The number of esters is 1. The second-order valence-electron chi connectivity index (χ2n) is 6.46. The standard InChI is InChI=1S/C23H20N2O4/c1-15(26)17-8-11-20(12-9-17)25-23(28)16(2)29-21(27)13-10-19-6-3-5-18-7-4-14-24-22(18)19/h3-14,16H,1-2H3,(H,25,28)/b13-10+. The van der Waals surface area contributed by atoms with E-state index in [1.54, 1.807) is 36.5 Å². The summed E-state index contributed by atoms with van der Waals surface area (Å²) in [6.07, 6.45) is 3.59. The highest BCUT2D eigenvalue weighted by Crippen LogP contribution is 2.17. The van der Waals surface area contributed by atoms with Crippen molar-refractivity contribution in [3.63, 3.8) is 0 Å². The molecule has 1 N–H and O–H groups in total. The van der Waals surface area contributed by atoms with E-state index in [2.05, 4.69) is 10.3 Å². The summed E-state index contributed by atoms with van der Waals surface area (Å²) < 4.78 is 5.17. The van der Waals surface area contributed by atoms with Crippen LogP contribution >= 0.6 is 0 Å². The molecule has 0 fully saturated rings. The van der Waals surface area contributed by atoms with Crippen molar-refractivity contribution in [2.24, 2.45) is 0 Å². The Hall–Kier alpha value is -3.80. The van der Waals surface area contributed by atoms with Crippen molar-refractivity contribution >= 4 is 40.3 Å². The summed E-state index contributed by atoms with van der Waals surface area (Å²) in [5, 5.41) is 3.61. The number of para-hydroxylation sites is 1. The van der Waals surface area contributed by atoms with Crippen LogP contribution in [0.5, 0.6) is 0 Å². The Morgan fingerprint density at radius 3 is 2.48 bits per heavy atom. The van der Waals surface area contributed by atoms with E-state index in [1.807, 2.05) is 30.3 Å². The number of rotatable bonds is 6. The minimum absolute atomic E-state index is 0.0571.